The summed E-state index contributed by atoms with van der Waals surface area (Å²) in [6.07, 6.45) is 3.74. The number of nitrogens with two attached hydrogens (primary N) is 1. The number of methoxy groups -OCH3 is 1. The Balaban J connectivity index is 1.94. The standard InChI is InChI=1S/C17H18N4O/c1-22-15-4-2-3-13(11-15)17-12-14(5-8-19-17)16-6-9-21(20-16)10-7-18/h2-6,8-9,11-12H,7,10,18H2,1H3. The lowest BCUT2D eigenvalue weighted by atomic mass is 10.1. The minimum absolute atomic E-state index is 0.576. The van der Waals surface area contributed by atoms with Crippen molar-refractivity contribution >= 4 is 0 Å². The van der Waals surface area contributed by atoms with Gasteiger partial charge in [0.1, 0.15) is 5.75 Å². The van der Waals surface area contributed by atoms with E-state index in [0.717, 1.165) is 28.3 Å². The summed E-state index contributed by atoms with van der Waals surface area (Å²) in [6.45, 7) is 1.29. The van der Waals surface area contributed by atoms with Gasteiger partial charge in [-0.25, -0.2) is 0 Å². The second-order valence-corrected chi connectivity index (χ2v) is 4.91. The minimum atomic E-state index is 0.576. The van der Waals surface area contributed by atoms with Crippen LogP contribution >= 0.6 is 0 Å². The summed E-state index contributed by atoms with van der Waals surface area (Å²) in [6, 6.07) is 13.8. The van der Waals surface area contributed by atoms with E-state index in [2.05, 4.69) is 10.1 Å². The Morgan fingerprint density at radius 2 is 1.95 bits per heavy atom. The zero-order chi connectivity index (χ0) is 15.4. The van der Waals surface area contributed by atoms with Crippen LogP contribution in [0.4, 0.5) is 0 Å². The van der Waals surface area contributed by atoms with Crippen LogP contribution < -0.4 is 10.5 Å². The van der Waals surface area contributed by atoms with Crippen molar-refractivity contribution in [3.05, 3.63) is 54.9 Å². The van der Waals surface area contributed by atoms with Gasteiger partial charge in [-0.15, -0.1) is 0 Å². The lowest BCUT2D eigenvalue weighted by Crippen LogP contribution is -2.10. The smallest absolute Gasteiger partial charge is 0.119 e. The van der Waals surface area contributed by atoms with E-state index in [-0.39, 0.29) is 0 Å². The molecule has 112 valence electrons. The predicted octanol–water partition coefficient (Wildman–Crippen LogP) is 2.58. The monoisotopic (exact) mass is 294 g/mol. The molecule has 0 unspecified atom stereocenters. The fraction of sp³-hybridized carbons (Fsp3) is 0.176. The van der Waals surface area contributed by atoms with Gasteiger partial charge < -0.3 is 10.5 Å². The molecule has 22 heavy (non-hydrogen) atoms. The average Bonchev–Trinajstić information content (AvgIpc) is 3.04. The topological polar surface area (TPSA) is 66.0 Å². The van der Waals surface area contributed by atoms with E-state index < -0.39 is 0 Å². The first kappa shape index (κ1) is 14.3. The van der Waals surface area contributed by atoms with Crippen LogP contribution in [0.25, 0.3) is 22.5 Å². The molecule has 3 rings (SSSR count). The molecule has 5 heteroatoms. The normalized spacial score (nSPS) is 10.6. The summed E-state index contributed by atoms with van der Waals surface area (Å²) in [7, 11) is 1.66. The van der Waals surface area contributed by atoms with E-state index in [1.807, 2.05) is 53.3 Å². The molecule has 5 nitrogen and oxygen atoms in total. The first-order valence-corrected chi connectivity index (χ1v) is 7.14. The van der Waals surface area contributed by atoms with Gasteiger partial charge >= 0.3 is 0 Å². The molecule has 0 saturated heterocycles. The van der Waals surface area contributed by atoms with Crippen molar-refractivity contribution in [3.8, 4) is 28.3 Å². The van der Waals surface area contributed by atoms with Crippen LogP contribution in [-0.2, 0) is 6.54 Å². The lowest BCUT2D eigenvalue weighted by Gasteiger charge is -2.05. The van der Waals surface area contributed by atoms with Gasteiger partial charge in [0.2, 0.25) is 0 Å². The SMILES string of the molecule is COc1cccc(-c2cc(-c3ccn(CCN)n3)ccn2)c1. The lowest BCUT2D eigenvalue weighted by molar-refractivity contribution is 0.415. The van der Waals surface area contributed by atoms with E-state index in [1.54, 1.807) is 13.3 Å². The van der Waals surface area contributed by atoms with Crippen molar-refractivity contribution in [3.63, 3.8) is 0 Å². The number of nitrogens with zero attached hydrogens (tertiary/aromatic N) is 3. The van der Waals surface area contributed by atoms with Gasteiger partial charge in [-0.3, -0.25) is 9.67 Å². The Hall–Kier alpha value is -2.66. The Bertz CT molecular complexity index is 767. The fourth-order valence-corrected chi connectivity index (χ4v) is 2.30. The Labute approximate surface area is 129 Å². The van der Waals surface area contributed by atoms with Gasteiger partial charge in [-0.1, -0.05) is 12.1 Å². The zero-order valence-electron chi connectivity index (χ0n) is 12.4. The summed E-state index contributed by atoms with van der Waals surface area (Å²) >= 11 is 0. The first-order chi connectivity index (χ1) is 10.8. The molecule has 0 fully saturated rings. The molecule has 1 aromatic carbocycles. The van der Waals surface area contributed by atoms with Crippen LogP contribution in [0.15, 0.2) is 54.9 Å². The number of rotatable bonds is 5. The number of aromatic nitrogens is 3. The molecule has 0 aliphatic rings. The number of pyridine rings is 1. The molecule has 0 aliphatic heterocycles. The average molecular weight is 294 g/mol. The van der Waals surface area contributed by atoms with Crippen molar-refractivity contribution < 1.29 is 4.74 Å². The molecule has 2 N–H and O–H groups in total. The van der Waals surface area contributed by atoms with Gasteiger partial charge in [-0.2, -0.15) is 5.10 Å². The van der Waals surface area contributed by atoms with Crippen LogP contribution in [0.5, 0.6) is 5.75 Å². The third-order valence-electron chi connectivity index (χ3n) is 3.42. The Kier molecular flexibility index (Phi) is 4.16. The summed E-state index contributed by atoms with van der Waals surface area (Å²) in [5, 5.41) is 4.52. The molecule has 2 heterocycles. The third-order valence-corrected chi connectivity index (χ3v) is 3.42. The largest absolute Gasteiger partial charge is 0.497 e. The van der Waals surface area contributed by atoms with E-state index in [1.165, 1.54) is 0 Å². The van der Waals surface area contributed by atoms with E-state index >= 15 is 0 Å². The van der Waals surface area contributed by atoms with Crippen molar-refractivity contribution in [2.24, 2.45) is 5.73 Å². The van der Waals surface area contributed by atoms with Gasteiger partial charge in [0.05, 0.1) is 25.0 Å². The maximum Gasteiger partial charge on any atom is 0.119 e. The quantitative estimate of drug-likeness (QED) is 0.785. The number of ether oxygens (including phenoxy) is 1. The predicted molar refractivity (Wildman–Crippen MR) is 86.5 cm³/mol. The van der Waals surface area contributed by atoms with Crippen LogP contribution in [0.1, 0.15) is 0 Å². The highest BCUT2D eigenvalue weighted by Crippen LogP contribution is 2.25. The second-order valence-electron chi connectivity index (χ2n) is 4.91. The third kappa shape index (κ3) is 2.99. The Morgan fingerprint density at radius 1 is 1.09 bits per heavy atom. The summed E-state index contributed by atoms with van der Waals surface area (Å²) < 4.78 is 7.11. The van der Waals surface area contributed by atoms with E-state index in [0.29, 0.717) is 13.1 Å². The van der Waals surface area contributed by atoms with Crippen molar-refractivity contribution in [1.29, 1.82) is 0 Å². The zero-order valence-corrected chi connectivity index (χ0v) is 12.4. The van der Waals surface area contributed by atoms with Crippen molar-refractivity contribution in [1.82, 2.24) is 14.8 Å². The summed E-state index contributed by atoms with van der Waals surface area (Å²) in [4.78, 5) is 4.44. The summed E-state index contributed by atoms with van der Waals surface area (Å²) in [5.74, 6) is 0.817. The molecular weight excluding hydrogens is 276 g/mol. The Morgan fingerprint density at radius 3 is 2.77 bits per heavy atom. The minimum Gasteiger partial charge on any atom is -0.497 e. The molecule has 0 amide bonds. The van der Waals surface area contributed by atoms with Crippen LogP contribution in [0, 0.1) is 0 Å². The highest BCUT2D eigenvalue weighted by atomic mass is 16.5. The van der Waals surface area contributed by atoms with E-state index in [9.17, 15) is 0 Å². The molecule has 0 aliphatic carbocycles. The number of hydrogen-bond donors (Lipinski definition) is 1. The van der Waals surface area contributed by atoms with E-state index in [4.69, 9.17) is 10.5 Å². The number of hydrogen-bond acceptors (Lipinski definition) is 4. The molecule has 0 radical (unpaired) electrons. The van der Waals surface area contributed by atoms with Crippen molar-refractivity contribution in [2.45, 2.75) is 6.54 Å². The van der Waals surface area contributed by atoms with Crippen LogP contribution in [-0.4, -0.2) is 28.4 Å². The van der Waals surface area contributed by atoms with Gasteiger partial charge in [0.15, 0.2) is 0 Å². The van der Waals surface area contributed by atoms with Crippen LogP contribution in [0.2, 0.25) is 0 Å². The highest BCUT2D eigenvalue weighted by molar-refractivity contribution is 5.68. The number of benzene rings is 1. The molecule has 0 saturated carbocycles. The highest BCUT2D eigenvalue weighted by Gasteiger charge is 2.06. The maximum absolute atomic E-state index is 5.55. The molecule has 0 spiro atoms. The first-order valence-electron chi connectivity index (χ1n) is 7.14. The molecule has 2 aromatic heterocycles. The fourth-order valence-electron chi connectivity index (χ4n) is 2.30. The summed E-state index contributed by atoms with van der Waals surface area (Å²) in [5.41, 5.74) is 9.41. The van der Waals surface area contributed by atoms with Gasteiger partial charge in [-0.05, 0) is 30.3 Å². The molecule has 3 aromatic rings. The molecule has 0 atom stereocenters. The van der Waals surface area contributed by atoms with Gasteiger partial charge in [0, 0.05) is 30.1 Å². The molecule has 0 bridgehead atoms. The van der Waals surface area contributed by atoms with Crippen molar-refractivity contribution in [2.75, 3.05) is 13.7 Å². The maximum atomic E-state index is 5.55. The van der Waals surface area contributed by atoms with Gasteiger partial charge in [0.25, 0.3) is 0 Å². The molecular formula is C17H18N4O. The van der Waals surface area contributed by atoms with Crippen LogP contribution in [0.3, 0.4) is 0 Å². The second kappa shape index (κ2) is 6.41.